The molecule has 0 heterocycles. The lowest BCUT2D eigenvalue weighted by atomic mass is 10.1. The number of phosphoric acid groups is 1. The Morgan fingerprint density at radius 1 is 0.464 bits per heavy atom. The highest BCUT2D eigenvalue weighted by Crippen LogP contribution is 2.38. The van der Waals surface area contributed by atoms with E-state index in [-0.39, 0.29) is 25.8 Å². The average Bonchev–Trinajstić information content (AvgIpc) is 3.31. The first-order valence-electron chi connectivity index (χ1n) is 27.6. The Labute approximate surface area is 425 Å². The van der Waals surface area contributed by atoms with E-state index in [1.165, 1.54) is 83.5 Å². The predicted octanol–water partition coefficient (Wildman–Crippen LogP) is 16.9. The maximum absolute atomic E-state index is 12.8. The van der Waals surface area contributed by atoms with Crippen LogP contribution >= 0.6 is 7.82 Å². The molecule has 0 aliphatic heterocycles. The number of ether oxygens (including phenoxy) is 2. The topological polar surface area (TPSA) is 94.1 Å². The van der Waals surface area contributed by atoms with Crippen LogP contribution in [-0.2, 0) is 27.9 Å². The zero-order chi connectivity index (χ0) is 50.5. The van der Waals surface area contributed by atoms with Crippen LogP contribution in [0, 0.1) is 0 Å². The summed E-state index contributed by atoms with van der Waals surface area (Å²) < 4.78 is 34.8. The van der Waals surface area contributed by atoms with Crippen molar-refractivity contribution in [2.45, 2.75) is 213 Å². The van der Waals surface area contributed by atoms with Gasteiger partial charge in [-0.15, -0.1) is 0 Å². The van der Waals surface area contributed by atoms with Crippen molar-refractivity contribution < 1.29 is 37.3 Å². The Kier molecular flexibility index (Phi) is 49.4. The summed E-state index contributed by atoms with van der Waals surface area (Å²) in [5.74, 6) is -0.351. The molecule has 0 saturated heterocycles. The van der Waals surface area contributed by atoms with Crippen molar-refractivity contribution in [3.63, 3.8) is 0 Å². The third kappa shape index (κ3) is 56.0. The summed E-state index contributed by atoms with van der Waals surface area (Å²) in [6.45, 7) is 5.21. The van der Waals surface area contributed by atoms with E-state index in [1.807, 2.05) is 21.1 Å². The van der Waals surface area contributed by atoms with Crippen LogP contribution in [0.4, 0.5) is 0 Å². The van der Waals surface area contributed by atoms with Gasteiger partial charge in [-0.3, -0.25) is 9.36 Å². The summed E-state index contributed by atoms with van der Waals surface area (Å²) in [6.07, 6.45) is 72.6. The number of esters is 1. The van der Waals surface area contributed by atoms with Crippen LogP contribution in [0.3, 0.4) is 0 Å². The van der Waals surface area contributed by atoms with Crippen LogP contribution in [0.25, 0.3) is 0 Å². The standard InChI is InChI=1S/C60H104NO7P/c1-6-8-10-12-14-16-18-20-22-24-26-28-29-30-31-32-34-36-38-40-42-44-46-48-50-52-55-65-57-59(58-67-69(63,64)66-56-54-61(3,4)5)68-60(62)53-51-49-47-45-43-41-39-37-35-33-27-25-23-21-19-17-15-13-11-9-7-2/h8,10,14,16,19-22,25-28,30-31,34,36,40,42,59H,6-7,9,11-13,15,17-18,23-24,29,32-33,35,37-39,41,43-58H2,1-5H3/b10-8-,16-14-,21-19-,22-20-,27-25-,28-26-,31-30-,36-34-,42-40-. The molecule has 69 heavy (non-hydrogen) atoms. The van der Waals surface area contributed by atoms with Gasteiger partial charge in [0.15, 0.2) is 0 Å². The zero-order valence-electron chi connectivity index (χ0n) is 45.0. The van der Waals surface area contributed by atoms with Crippen molar-refractivity contribution in [2.24, 2.45) is 0 Å². The molecule has 0 aliphatic carbocycles. The Hall–Kier alpha value is -2.84. The lowest BCUT2D eigenvalue weighted by Gasteiger charge is -2.28. The first-order chi connectivity index (χ1) is 33.6. The molecule has 0 N–H and O–H groups in total. The van der Waals surface area contributed by atoms with Gasteiger partial charge in [-0.05, 0) is 103 Å². The number of carbonyl (C=O) groups excluding carboxylic acids is 1. The molecule has 0 saturated carbocycles. The maximum atomic E-state index is 12.8. The quantitative estimate of drug-likeness (QED) is 0.0197. The molecule has 0 aromatic rings. The summed E-state index contributed by atoms with van der Waals surface area (Å²) in [6, 6.07) is 0. The van der Waals surface area contributed by atoms with Crippen molar-refractivity contribution in [3.05, 3.63) is 109 Å². The number of unbranched alkanes of at least 4 members (excludes halogenated alkanes) is 18. The number of allylic oxidation sites excluding steroid dienone is 18. The van der Waals surface area contributed by atoms with Crippen molar-refractivity contribution >= 4 is 13.8 Å². The minimum absolute atomic E-state index is 0.0136. The molecule has 0 bridgehead atoms. The highest BCUT2D eigenvalue weighted by Gasteiger charge is 2.20. The Bertz CT molecular complexity index is 1470. The molecular weight excluding hydrogens is 878 g/mol. The van der Waals surface area contributed by atoms with E-state index in [2.05, 4.69) is 123 Å². The van der Waals surface area contributed by atoms with Crippen molar-refractivity contribution in [3.8, 4) is 0 Å². The second kappa shape index (κ2) is 51.5. The maximum Gasteiger partial charge on any atom is 0.306 e. The molecule has 396 valence electrons. The van der Waals surface area contributed by atoms with Gasteiger partial charge in [0, 0.05) is 13.0 Å². The third-order valence-corrected chi connectivity index (χ3v) is 12.3. The first-order valence-corrected chi connectivity index (χ1v) is 29.1. The zero-order valence-corrected chi connectivity index (χ0v) is 45.9. The van der Waals surface area contributed by atoms with Crippen LogP contribution in [0.15, 0.2) is 109 Å². The summed E-state index contributed by atoms with van der Waals surface area (Å²) in [4.78, 5) is 25.2. The van der Waals surface area contributed by atoms with Crippen LogP contribution in [0.1, 0.15) is 206 Å². The number of nitrogens with zero attached hydrogens (tertiary/aromatic N) is 1. The van der Waals surface area contributed by atoms with E-state index in [0.717, 1.165) is 103 Å². The number of hydrogen-bond donors (Lipinski definition) is 0. The summed E-state index contributed by atoms with van der Waals surface area (Å²) >= 11 is 0. The summed E-state index contributed by atoms with van der Waals surface area (Å²) in [7, 11) is 1.32. The summed E-state index contributed by atoms with van der Waals surface area (Å²) in [5, 5.41) is 0. The van der Waals surface area contributed by atoms with E-state index < -0.39 is 13.9 Å². The highest BCUT2D eigenvalue weighted by atomic mass is 31.2. The number of carbonyl (C=O) groups is 1. The fraction of sp³-hybridized carbons (Fsp3) is 0.683. The monoisotopic (exact) mass is 982 g/mol. The van der Waals surface area contributed by atoms with Crippen LogP contribution < -0.4 is 4.89 Å². The Morgan fingerprint density at radius 3 is 1.26 bits per heavy atom. The second-order valence-electron chi connectivity index (χ2n) is 19.2. The van der Waals surface area contributed by atoms with E-state index >= 15 is 0 Å². The van der Waals surface area contributed by atoms with Gasteiger partial charge < -0.3 is 27.9 Å². The molecule has 8 nitrogen and oxygen atoms in total. The molecule has 2 atom stereocenters. The molecule has 0 aromatic carbocycles. The molecule has 0 spiro atoms. The third-order valence-electron chi connectivity index (χ3n) is 11.3. The minimum atomic E-state index is -4.55. The van der Waals surface area contributed by atoms with Crippen molar-refractivity contribution in [1.82, 2.24) is 0 Å². The van der Waals surface area contributed by atoms with Gasteiger partial charge in [-0.25, -0.2) is 0 Å². The van der Waals surface area contributed by atoms with Gasteiger partial charge in [0.25, 0.3) is 7.82 Å². The number of phosphoric ester groups is 1. The molecule has 0 aromatic heterocycles. The Morgan fingerprint density at radius 2 is 0.841 bits per heavy atom. The van der Waals surface area contributed by atoms with Crippen LogP contribution in [0.5, 0.6) is 0 Å². The second-order valence-corrected chi connectivity index (χ2v) is 20.6. The van der Waals surface area contributed by atoms with E-state index in [9.17, 15) is 14.3 Å². The molecular formula is C60H104NO7P. The van der Waals surface area contributed by atoms with E-state index in [0.29, 0.717) is 24.1 Å². The van der Waals surface area contributed by atoms with Crippen molar-refractivity contribution in [1.29, 1.82) is 0 Å². The highest BCUT2D eigenvalue weighted by molar-refractivity contribution is 7.45. The SMILES string of the molecule is CC/C=C\C/C=C\C/C=C\C/C=C\C/C=C\C/C=C\C/C=C\CCCCCCOCC(COP(=O)([O-])OCC[N+](C)(C)C)OC(=O)CCCCCCCCCCC/C=C\C/C=C\CCCCCCC. The molecule has 9 heteroatoms. The van der Waals surface area contributed by atoms with Gasteiger partial charge in [0.2, 0.25) is 0 Å². The smallest absolute Gasteiger partial charge is 0.306 e. The number of rotatable bonds is 50. The van der Waals surface area contributed by atoms with Crippen molar-refractivity contribution in [2.75, 3.05) is 54.1 Å². The van der Waals surface area contributed by atoms with Gasteiger partial charge in [-0.1, -0.05) is 207 Å². The van der Waals surface area contributed by atoms with Gasteiger partial charge in [-0.2, -0.15) is 0 Å². The van der Waals surface area contributed by atoms with E-state index in [1.54, 1.807) is 0 Å². The Balaban J connectivity index is 4.22. The predicted molar refractivity (Wildman–Crippen MR) is 295 cm³/mol. The van der Waals surface area contributed by atoms with Gasteiger partial charge >= 0.3 is 5.97 Å². The minimum Gasteiger partial charge on any atom is -0.756 e. The fourth-order valence-electron chi connectivity index (χ4n) is 7.09. The normalized spacial score (nSPS) is 14.3. The largest absolute Gasteiger partial charge is 0.756 e. The van der Waals surface area contributed by atoms with Crippen LogP contribution in [0.2, 0.25) is 0 Å². The molecule has 0 fully saturated rings. The number of likely N-dealkylation sites (N-methyl/N-ethyl adjacent to an activating group) is 1. The summed E-state index contributed by atoms with van der Waals surface area (Å²) in [5.41, 5.74) is 0. The number of quaternary nitrogens is 1. The molecule has 2 unspecified atom stereocenters. The lowest BCUT2D eigenvalue weighted by Crippen LogP contribution is -2.37. The average molecular weight is 982 g/mol. The molecule has 0 radical (unpaired) electrons. The van der Waals surface area contributed by atoms with Gasteiger partial charge in [0.1, 0.15) is 19.3 Å². The first kappa shape index (κ1) is 66.2. The molecule has 0 rings (SSSR count). The lowest BCUT2D eigenvalue weighted by molar-refractivity contribution is -0.870. The molecule has 0 amide bonds. The van der Waals surface area contributed by atoms with Gasteiger partial charge in [0.05, 0.1) is 34.4 Å². The fourth-order valence-corrected chi connectivity index (χ4v) is 7.81. The van der Waals surface area contributed by atoms with Crippen LogP contribution in [-0.4, -0.2) is 70.7 Å². The van der Waals surface area contributed by atoms with E-state index in [4.69, 9.17) is 18.5 Å². The number of hydrogen-bond acceptors (Lipinski definition) is 7. The molecule has 0 aliphatic rings.